The monoisotopic (exact) mass is 508 g/mol. The fraction of sp³-hybridized carbons (Fsp3) is 0.259. The first kappa shape index (κ1) is 25.4. The summed E-state index contributed by atoms with van der Waals surface area (Å²) in [5, 5.41) is 2.20. The first-order chi connectivity index (χ1) is 17.4. The van der Waals surface area contributed by atoms with Gasteiger partial charge in [-0.2, -0.15) is 0 Å². The highest BCUT2D eigenvalue weighted by molar-refractivity contribution is 7.16. The van der Waals surface area contributed by atoms with E-state index in [0.717, 1.165) is 11.1 Å². The molecule has 2 aromatic carbocycles. The lowest BCUT2D eigenvalue weighted by atomic mass is 10.0. The molecule has 9 heteroatoms. The molecular weight excluding hydrogens is 483 g/mol. The van der Waals surface area contributed by atoms with Gasteiger partial charge in [0.15, 0.2) is 11.6 Å². The van der Waals surface area contributed by atoms with Crippen LogP contribution in [-0.4, -0.2) is 28.3 Å². The zero-order valence-corrected chi connectivity index (χ0v) is 20.7. The van der Waals surface area contributed by atoms with Crippen LogP contribution in [0.25, 0.3) is 10.2 Å². The Hall–Kier alpha value is -3.69. The number of benzene rings is 2. The number of esters is 1. The van der Waals surface area contributed by atoms with Crippen LogP contribution >= 0.6 is 11.3 Å². The number of carbonyl (C=O) groups is 2. The topological polar surface area (TPSA) is 98.3 Å². The van der Waals surface area contributed by atoms with E-state index in [9.17, 15) is 18.8 Å². The predicted octanol–water partition coefficient (Wildman–Crippen LogP) is 5.14. The SMILES string of the molecule is CCOC(=O)c1ccc(COCc2csc3nc(C(=O)CCc4ccc(F)c(C)c4)[nH]c(=O)c23)cc1. The second-order valence-electron chi connectivity index (χ2n) is 8.27. The number of hydrogen-bond acceptors (Lipinski definition) is 7. The minimum atomic E-state index is -0.389. The average Bonchev–Trinajstić information content (AvgIpc) is 3.28. The normalized spacial score (nSPS) is 11.1. The third-order valence-electron chi connectivity index (χ3n) is 5.64. The molecule has 4 rings (SSSR count). The van der Waals surface area contributed by atoms with Crippen LogP contribution in [0.5, 0.6) is 0 Å². The number of rotatable bonds is 10. The molecule has 0 spiro atoms. The predicted molar refractivity (Wildman–Crippen MR) is 135 cm³/mol. The smallest absolute Gasteiger partial charge is 0.338 e. The Morgan fingerprint density at radius 1 is 1.08 bits per heavy atom. The molecule has 0 amide bonds. The number of aryl methyl sites for hydroxylation is 2. The van der Waals surface area contributed by atoms with Gasteiger partial charge in [0.05, 0.1) is 30.8 Å². The number of aromatic amines is 1. The van der Waals surface area contributed by atoms with Crippen LogP contribution in [0.15, 0.2) is 52.6 Å². The number of Topliss-reactive ketones (excluding diaryl/α,β-unsaturated/α-hetero) is 1. The summed E-state index contributed by atoms with van der Waals surface area (Å²) in [4.78, 5) is 44.6. The van der Waals surface area contributed by atoms with Gasteiger partial charge in [-0.15, -0.1) is 11.3 Å². The molecule has 2 aromatic heterocycles. The highest BCUT2D eigenvalue weighted by Crippen LogP contribution is 2.23. The number of halogens is 1. The zero-order chi connectivity index (χ0) is 25.7. The third-order valence-corrected chi connectivity index (χ3v) is 6.56. The van der Waals surface area contributed by atoms with Gasteiger partial charge >= 0.3 is 5.97 Å². The molecule has 186 valence electrons. The number of fused-ring (bicyclic) bond motifs is 1. The van der Waals surface area contributed by atoms with Gasteiger partial charge < -0.3 is 14.5 Å². The number of nitrogens with one attached hydrogen (secondary N) is 1. The van der Waals surface area contributed by atoms with Gasteiger partial charge in [-0.3, -0.25) is 9.59 Å². The molecule has 0 bridgehead atoms. The summed E-state index contributed by atoms with van der Waals surface area (Å²) in [5.74, 6) is -0.925. The molecule has 0 aliphatic heterocycles. The van der Waals surface area contributed by atoms with Gasteiger partial charge in [0.25, 0.3) is 5.56 Å². The summed E-state index contributed by atoms with van der Waals surface area (Å²) < 4.78 is 24.2. The number of ether oxygens (including phenoxy) is 2. The van der Waals surface area contributed by atoms with Crippen LogP contribution in [0.3, 0.4) is 0 Å². The Balaban J connectivity index is 1.38. The van der Waals surface area contributed by atoms with Crippen molar-refractivity contribution < 1.29 is 23.5 Å². The van der Waals surface area contributed by atoms with Gasteiger partial charge in [0.2, 0.25) is 0 Å². The number of carbonyl (C=O) groups excluding carboxylic acids is 2. The molecule has 4 aromatic rings. The van der Waals surface area contributed by atoms with Crippen molar-refractivity contribution in [3.8, 4) is 0 Å². The van der Waals surface area contributed by atoms with Crippen molar-refractivity contribution >= 4 is 33.3 Å². The van der Waals surface area contributed by atoms with E-state index in [2.05, 4.69) is 9.97 Å². The van der Waals surface area contributed by atoms with E-state index in [4.69, 9.17) is 9.47 Å². The van der Waals surface area contributed by atoms with Crippen molar-refractivity contribution in [1.29, 1.82) is 0 Å². The minimum Gasteiger partial charge on any atom is -0.462 e. The number of thiophene rings is 1. The standard InChI is InChI=1S/C27H25FN2O5S/c1-3-35-27(33)19-8-4-18(5-9-19)13-34-14-20-15-36-26-23(20)25(32)29-24(30-26)22(31)11-7-17-6-10-21(28)16(2)12-17/h4-6,8-10,12,15H,3,7,11,13-14H2,1-2H3,(H,29,30,32). The summed E-state index contributed by atoms with van der Waals surface area (Å²) in [7, 11) is 0. The lowest BCUT2D eigenvalue weighted by Gasteiger charge is -2.06. The van der Waals surface area contributed by atoms with E-state index in [1.54, 1.807) is 55.6 Å². The van der Waals surface area contributed by atoms with E-state index in [1.807, 2.05) is 0 Å². The van der Waals surface area contributed by atoms with Crippen LogP contribution < -0.4 is 5.56 Å². The van der Waals surface area contributed by atoms with Gasteiger partial charge in [0, 0.05) is 12.0 Å². The average molecular weight is 509 g/mol. The molecular formula is C27H25FN2O5S. The molecule has 36 heavy (non-hydrogen) atoms. The Bertz CT molecular complexity index is 1460. The van der Waals surface area contributed by atoms with E-state index < -0.39 is 0 Å². The molecule has 0 aliphatic rings. The molecule has 7 nitrogen and oxygen atoms in total. The van der Waals surface area contributed by atoms with Crippen molar-refractivity contribution in [2.45, 2.75) is 39.9 Å². The summed E-state index contributed by atoms with van der Waals surface area (Å²) in [6.45, 7) is 4.24. The summed E-state index contributed by atoms with van der Waals surface area (Å²) in [6, 6.07) is 11.7. The van der Waals surface area contributed by atoms with Crippen LogP contribution in [0.2, 0.25) is 0 Å². The maximum absolute atomic E-state index is 13.4. The van der Waals surface area contributed by atoms with Gasteiger partial charge in [-0.25, -0.2) is 14.2 Å². The maximum atomic E-state index is 13.4. The number of hydrogen-bond donors (Lipinski definition) is 1. The Morgan fingerprint density at radius 3 is 2.56 bits per heavy atom. The second-order valence-corrected chi connectivity index (χ2v) is 9.13. The zero-order valence-electron chi connectivity index (χ0n) is 19.9. The van der Waals surface area contributed by atoms with Crippen molar-refractivity contribution in [2.24, 2.45) is 0 Å². The summed E-state index contributed by atoms with van der Waals surface area (Å²) in [6.07, 6.45) is 0.571. The van der Waals surface area contributed by atoms with Gasteiger partial charge in [-0.05, 0) is 60.5 Å². The van der Waals surface area contributed by atoms with E-state index in [0.29, 0.717) is 46.5 Å². The number of ketones is 1. The van der Waals surface area contributed by atoms with Gasteiger partial charge in [0.1, 0.15) is 10.6 Å². The first-order valence-electron chi connectivity index (χ1n) is 11.5. The molecule has 0 atom stereocenters. The largest absolute Gasteiger partial charge is 0.462 e. The van der Waals surface area contributed by atoms with Crippen LogP contribution in [0.4, 0.5) is 4.39 Å². The molecule has 0 radical (unpaired) electrons. The lowest BCUT2D eigenvalue weighted by Crippen LogP contribution is -2.16. The van der Waals surface area contributed by atoms with Crippen molar-refractivity contribution in [1.82, 2.24) is 9.97 Å². The fourth-order valence-corrected chi connectivity index (χ4v) is 4.64. The summed E-state index contributed by atoms with van der Waals surface area (Å²) in [5.41, 5.74) is 3.01. The Morgan fingerprint density at radius 2 is 1.83 bits per heavy atom. The summed E-state index contributed by atoms with van der Waals surface area (Å²) >= 11 is 1.28. The molecule has 0 saturated heterocycles. The lowest BCUT2D eigenvalue weighted by molar-refractivity contribution is 0.0526. The Kier molecular flexibility index (Phi) is 8.02. The highest BCUT2D eigenvalue weighted by atomic mass is 32.1. The van der Waals surface area contributed by atoms with Crippen LogP contribution in [-0.2, 0) is 29.1 Å². The Labute approximate surface area is 210 Å². The molecule has 0 aliphatic carbocycles. The van der Waals surface area contributed by atoms with E-state index in [-0.39, 0.29) is 42.0 Å². The van der Waals surface area contributed by atoms with Crippen molar-refractivity contribution in [3.05, 3.63) is 97.7 Å². The second kappa shape index (κ2) is 11.4. The van der Waals surface area contributed by atoms with Gasteiger partial charge in [-0.1, -0.05) is 24.3 Å². The third kappa shape index (κ3) is 5.92. The fourth-order valence-electron chi connectivity index (χ4n) is 3.71. The highest BCUT2D eigenvalue weighted by Gasteiger charge is 2.16. The van der Waals surface area contributed by atoms with Crippen LogP contribution in [0, 0.1) is 12.7 Å². The molecule has 1 N–H and O–H groups in total. The van der Waals surface area contributed by atoms with E-state index in [1.165, 1.54) is 17.4 Å². The maximum Gasteiger partial charge on any atom is 0.338 e. The minimum absolute atomic E-state index is 0.0161. The molecule has 2 heterocycles. The number of nitrogens with zero attached hydrogens (tertiary/aromatic N) is 1. The van der Waals surface area contributed by atoms with Crippen LogP contribution in [0.1, 0.15) is 56.6 Å². The quantitative estimate of drug-likeness (QED) is 0.235. The van der Waals surface area contributed by atoms with Crippen molar-refractivity contribution in [3.63, 3.8) is 0 Å². The first-order valence-corrected chi connectivity index (χ1v) is 12.4. The molecule has 0 unspecified atom stereocenters. The number of aromatic nitrogens is 2. The molecule has 0 saturated carbocycles. The molecule has 0 fully saturated rings. The van der Waals surface area contributed by atoms with Crippen molar-refractivity contribution in [2.75, 3.05) is 6.61 Å². The number of H-pyrrole nitrogens is 1. The van der Waals surface area contributed by atoms with E-state index >= 15 is 0 Å².